The van der Waals surface area contributed by atoms with Crippen LogP contribution in [0.1, 0.15) is 30.9 Å². The number of nitrogens with zero attached hydrogens (tertiary/aromatic N) is 3. The highest BCUT2D eigenvalue weighted by Gasteiger charge is 2.06. The molecule has 0 atom stereocenters. The molecule has 27 heavy (non-hydrogen) atoms. The molecule has 0 amide bonds. The number of aromatic nitrogens is 4. The Morgan fingerprint density at radius 1 is 1.11 bits per heavy atom. The highest BCUT2D eigenvalue weighted by Crippen LogP contribution is 2.11. The molecule has 0 aliphatic heterocycles. The Balaban J connectivity index is 1.74. The van der Waals surface area contributed by atoms with Gasteiger partial charge in [0.25, 0.3) is 11.3 Å². The van der Waals surface area contributed by atoms with Crippen molar-refractivity contribution in [3.63, 3.8) is 0 Å². The Labute approximate surface area is 158 Å². The first-order valence-electron chi connectivity index (χ1n) is 8.97. The Morgan fingerprint density at radius 2 is 1.89 bits per heavy atom. The van der Waals surface area contributed by atoms with Crippen molar-refractivity contribution >= 4 is 17.5 Å². The lowest BCUT2D eigenvalue weighted by Gasteiger charge is -2.06. The van der Waals surface area contributed by atoms with Crippen LogP contribution in [0.5, 0.6) is 0 Å². The normalized spacial score (nSPS) is 12.1. The topological polar surface area (TPSA) is 75.1 Å². The number of benzene rings is 1. The van der Waals surface area contributed by atoms with Crippen LogP contribution in [0.15, 0.2) is 65.5 Å². The van der Waals surface area contributed by atoms with Crippen LogP contribution in [0.25, 0.3) is 11.9 Å². The van der Waals surface area contributed by atoms with Crippen molar-refractivity contribution in [2.75, 3.05) is 5.32 Å². The lowest BCUT2D eigenvalue weighted by atomic mass is 10.1. The smallest absolute Gasteiger partial charge is 0.274 e. The molecule has 0 saturated heterocycles. The van der Waals surface area contributed by atoms with Gasteiger partial charge in [0.2, 0.25) is 0 Å². The number of aromatic amines is 1. The van der Waals surface area contributed by atoms with E-state index in [0.717, 1.165) is 12.1 Å². The van der Waals surface area contributed by atoms with E-state index in [-0.39, 0.29) is 5.56 Å². The second kappa shape index (κ2) is 8.80. The van der Waals surface area contributed by atoms with Crippen molar-refractivity contribution in [1.82, 2.24) is 19.6 Å². The molecule has 0 aliphatic carbocycles. The van der Waals surface area contributed by atoms with Gasteiger partial charge in [-0.1, -0.05) is 49.4 Å². The predicted octanol–water partition coefficient (Wildman–Crippen LogP) is 3.74. The summed E-state index contributed by atoms with van der Waals surface area (Å²) in [5.74, 6) is 0.933. The number of allylic oxidation sites excluding steroid dienone is 5. The molecule has 0 unspecified atom stereocenters. The molecule has 6 nitrogen and oxygen atoms in total. The lowest BCUT2D eigenvalue weighted by molar-refractivity contribution is 0.873. The van der Waals surface area contributed by atoms with Crippen LogP contribution < -0.4 is 10.9 Å². The van der Waals surface area contributed by atoms with E-state index in [4.69, 9.17) is 0 Å². The molecule has 138 valence electrons. The number of rotatable bonds is 7. The zero-order valence-corrected chi connectivity index (χ0v) is 15.5. The van der Waals surface area contributed by atoms with E-state index in [1.54, 1.807) is 6.08 Å². The van der Waals surface area contributed by atoms with Gasteiger partial charge >= 0.3 is 0 Å². The molecular weight excluding hydrogens is 338 g/mol. The monoisotopic (exact) mass is 361 g/mol. The highest BCUT2D eigenvalue weighted by molar-refractivity contribution is 5.47. The molecule has 2 N–H and O–H groups in total. The Morgan fingerprint density at radius 3 is 2.63 bits per heavy atom. The van der Waals surface area contributed by atoms with Gasteiger partial charge in [0, 0.05) is 11.8 Å². The predicted molar refractivity (Wildman–Crippen MR) is 110 cm³/mol. The fraction of sp³-hybridized carbons (Fsp3) is 0.190. The zero-order valence-electron chi connectivity index (χ0n) is 15.5. The average molecular weight is 361 g/mol. The number of nitrogens with one attached hydrogen (secondary N) is 2. The molecule has 0 saturated carbocycles. The maximum Gasteiger partial charge on any atom is 0.274 e. The van der Waals surface area contributed by atoms with Crippen LogP contribution in [0.3, 0.4) is 0 Å². The number of fused-ring (bicyclic) bond motifs is 1. The standard InChI is InChI=1S/C21H23N5O/c1-3-5-6-7-8-9-19-24-21-23-18(14-20(27)26(21)25-19)15-22-17-12-10-16(4-2)11-13-17/h3,5-14,22H,4,15H2,1-2H3,(H,23,24,25)/b5-3-,7-6-,9-8+. The van der Waals surface area contributed by atoms with E-state index < -0.39 is 0 Å². The Bertz CT molecular complexity index is 1040. The third-order valence-electron chi connectivity index (χ3n) is 4.02. The summed E-state index contributed by atoms with van der Waals surface area (Å²) in [7, 11) is 0. The molecule has 2 aromatic heterocycles. The SMILES string of the molecule is C\C=C/C=C\C=C\c1nc2nc(CNc3ccc(CC)cc3)cc(=O)n2[nH]1. The highest BCUT2D eigenvalue weighted by atomic mass is 16.1. The van der Waals surface area contributed by atoms with Gasteiger partial charge in [-0.3, -0.25) is 9.89 Å². The lowest BCUT2D eigenvalue weighted by Crippen LogP contribution is -2.17. The van der Waals surface area contributed by atoms with Crippen LogP contribution in [0.2, 0.25) is 0 Å². The first-order valence-corrected chi connectivity index (χ1v) is 8.97. The van der Waals surface area contributed by atoms with E-state index in [1.807, 2.05) is 49.4 Å². The fourth-order valence-electron chi connectivity index (χ4n) is 2.55. The summed E-state index contributed by atoms with van der Waals surface area (Å²) in [5.41, 5.74) is 2.74. The quantitative estimate of drug-likeness (QED) is 0.629. The van der Waals surface area contributed by atoms with Crippen LogP contribution in [0, 0.1) is 0 Å². The minimum atomic E-state index is -0.185. The molecule has 0 fully saturated rings. The van der Waals surface area contributed by atoms with Gasteiger partial charge in [-0.05, 0) is 37.1 Å². The minimum absolute atomic E-state index is 0.185. The molecule has 0 bridgehead atoms. The number of anilines is 1. The van der Waals surface area contributed by atoms with Crippen molar-refractivity contribution < 1.29 is 0 Å². The third-order valence-corrected chi connectivity index (χ3v) is 4.02. The molecule has 1 aromatic carbocycles. The second-order valence-electron chi connectivity index (χ2n) is 6.00. The molecule has 3 aromatic rings. The Kier molecular flexibility index (Phi) is 5.99. The van der Waals surface area contributed by atoms with Crippen molar-refractivity contribution in [3.8, 4) is 0 Å². The summed E-state index contributed by atoms with van der Waals surface area (Å²) < 4.78 is 1.34. The number of H-pyrrole nitrogens is 1. The molecule has 2 heterocycles. The maximum absolute atomic E-state index is 12.3. The van der Waals surface area contributed by atoms with E-state index >= 15 is 0 Å². The first-order chi connectivity index (χ1) is 13.2. The van der Waals surface area contributed by atoms with Crippen molar-refractivity contribution in [2.45, 2.75) is 26.8 Å². The van der Waals surface area contributed by atoms with E-state index in [1.165, 1.54) is 16.1 Å². The molecule has 6 heteroatoms. The van der Waals surface area contributed by atoms with Crippen molar-refractivity contribution in [3.05, 3.63) is 88.1 Å². The van der Waals surface area contributed by atoms with Crippen LogP contribution in [0.4, 0.5) is 5.69 Å². The van der Waals surface area contributed by atoms with E-state index in [9.17, 15) is 4.79 Å². The number of hydrogen-bond donors (Lipinski definition) is 2. The van der Waals surface area contributed by atoms with E-state index in [2.05, 4.69) is 39.4 Å². The molecule has 3 rings (SSSR count). The zero-order chi connectivity index (χ0) is 19.1. The summed E-state index contributed by atoms with van der Waals surface area (Å²) >= 11 is 0. The molecular formula is C21H23N5O. The van der Waals surface area contributed by atoms with Crippen LogP contribution >= 0.6 is 0 Å². The van der Waals surface area contributed by atoms with Crippen LogP contribution in [-0.2, 0) is 13.0 Å². The summed E-state index contributed by atoms with van der Waals surface area (Å²) in [4.78, 5) is 21.1. The molecule has 0 radical (unpaired) electrons. The Hall–Kier alpha value is -3.41. The van der Waals surface area contributed by atoms with Gasteiger partial charge < -0.3 is 5.32 Å². The number of aryl methyl sites for hydroxylation is 1. The van der Waals surface area contributed by atoms with Gasteiger partial charge in [0.1, 0.15) is 5.82 Å². The molecule has 0 spiro atoms. The summed E-state index contributed by atoms with van der Waals surface area (Å²) in [6, 6.07) is 9.75. The summed E-state index contributed by atoms with van der Waals surface area (Å²) in [6.07, 6.45) is 12.3. The fourth-order valence-corrected chi connectivity index (χ4v) is 2.55. The number of hydrogen-bond acceptors (Lipinski definition) is 4. The van der Waals surface area contributed by atoms with Gasteiger partial charge in [-0.15, -0.1) is 0 Å². The maximum atomic E-state index is 12.3. The van der Waals surface area contributed by atoms with Crippen molar-refractivity contribution in [1.29, 1.82) is 0 Å². The molecule has 0 aliphatic rings. The van der Waals surface area contributed by atoms with Gasteiger partial charge in [0.05, 0.1) is 12.2 Å². The van der Waals surface area contributed by atoms with Crippen LogP contribution in [-0.4, -0.2) is 19.6 Å². The largest absolute Gasteiger partial charge is 0.379 e. The van der Waals surface area contributed by atoms with Gasteiger partial charge in [0.15, 0.2) is 0 Å². The van der Waals surface area contributed by atoms with Crippen molar-refractivity contribution in [2.24, 2.45) is 0 Å². The third kappa shape index (κ3) is 4.82. The summed E-state index contributed by atoms with van der Waals surface area (Å²) in [6.45, 7) is 4.54. The minimum Gasteiger partial charge on any atom is -0.379 e. The van der Waals surface area contributed by atoms with Gasteiger partial charge in [-0.25, -0.2) is 4.98 Å². The van der Waals surface area contributed by atoms with E-state index in [0.29, 0.717) is 23.8 Å². The second-order valence-corrected chi connectivity index (χ2v) is 6.00. The average Bonchev–Trinajstić information content (AvgIpc) is 3.10. The van der Waals surface area contributed by atoms with Gasteiger partial charge in [-0.2, -0.15) is 9.50 Å². The summed E-state index contributed by atoms with van der Waals surface area (Å²) in [5, 5.41) is 6.23. The first kappa shape index (κ1) is 18.4.